The summed E-state index contributed by atoms with van der Waals surface area (Å²) in [6.45, 7) is 2.60. The lowest BCUT2D eigenvalue weighted by Crippen LogP contribution is -2.19. The van der Waals surface area contributed by atoms with Gasteiger partial charge in [0.15, 0.2) is 13.2 Å². The topological polar surface area (TPSA) is 67.8 Å². The quantitative estimate of drug-likeness (QED) is 0.259. The third-order valence-corrected chi connectivity index (χ3v) is 3.61. The average Bonchev–Trinajstić information content (AvgIpc) is 2.50. The molecule has 0 aliphatic heterocycles. The third kappa shape index (κ3) is 25.9. The van der Waals surface area contributed by atoms with E-state index in [1.165, 1.54) is 51.6 Å². The molecule has 0 fully saturated rings. The van der Waals surface area contributed by atoms with Gasteiger partial charge in [-0.2, -0.15) is 26.3 Å². The Morgan fingerprint density at radius 1 is 0.808 bits per heavy atom. The molecule has 0 saturated heterocycles. The van der Waals surface area contributed by atoms with Crippen molar-refractivity contribution in [2.24, 2.45) is 0 Å². The van der Waals surface area contributed by atoms with Crippen LogP contribution in [0, 0.1) is 0 Å². The van der Waals surface area contributed by atoms with E-state index < -0.39 is 33.4 Å². The van der Waals surface area contributed by atoms with Gasteiger partial charge in [-0.1, -0.05) is 39.5 Å². The highest BCUT2D eigenvalue weighted by atomic mass is 31.2. The van der Waals surface area contributed by atoms with Crippen LogP contribution in [0.5, 0.6) is 0 Å². The lowest BCUT2D eigenvalue weighted by molar-refractivity contribution is -0.169. The Hall–Kier alpha value is -0.350. The van der Waals surface area contributed by atoms with Crippen molar-refractivity contribution in [1.82, 2.24) is 5.32 Å². The lowest BCUT2D eigenvalue weighted by Gasteiger charge is -2.14. The molecule has 26 heavy (non-hydrogen) atoms. The Balaban J connectivity index is 0. The fourth-order valence-corrected chi connectivity index (χ4v) is 2.17. The molecule has 0 bridgehead atoms. The minimum absolute atomic E-state index is 1.22. The van der Waals surface area contributed by atoms with E-state index in [9.17, 15) is 30.9 Å². The molecule has 0 rings (SSSR count). The van der Waals surface area contributed by atoms with E-state index >= 15 is 0 Å². The summed E-state index contributed by atoms with van der Waals surface area (Å²) in [7, 11) is -5.33. The molecule has 0 radical (unpaired) electrons. The van der Waals surface area contributed by atoms with Crippen LogP contribution in [0.3, 0.4) is 0 Å². The second-order valence-electron chi connectivity index (χ2n) is 5.41. The van der Waals surface area contributed by atoms with Crippen LogP contribution in [0.4, 0.5) is 26.3 Å². The van der Waals surface area contributed by atoms with Gasteiger partial charge in [-0.3, -0.25) is 9.05 Å². The smallest absolute Gasteiger partial charge is 0.317 e. The van der Waals surface area contributed by atoms with Gasteiger partial charge in [-0.05, 0) is 25.9 Å². The molecule has 0 unspecified atom stereocenters. The van der Waals surface area contributed by atoms with E-state index in [1.807, 2.05) is 0 Å². The zero-order chi connectivity index (χ0) is 20.7. The maximum atomic E-state index is 11.4. The number of phosphoric acid groups is 1. The van der Waals surface area contributed by atoms with Crippen LogP contribution in [0.15, 0.2) is 0 Å². The molecule has 0 saturated carbocycles. The predicted molar refractivity (Wildman–Crippen MR) is 85.8 cm³/mol. The number of phosphoric ester groups is 1. The average molecular weight is 419 g/mol. The molecule has 0 amide bonds. The highest BCUT2D eigenvalue weighted by molar-refractivity contribution is 7.47. The largest absolute Gasteiger partial charge is 0.472 e. The molecule has 0 atom stereocenters. The van der Waals surface area contributed by atoms with Crippen molar-refractivity contribution in [3.8, 4) is 0 Å². The molecule has 160 valence electrons. The summed E-state index contributed by atoms with van der Waals surface area (Å²) in [6, 6.07) is 0. The van der Waals surface area contributed by atoms with Crippen molar-refractivity contribution >= 4 is 7.82 Å². The first kappa shape index (κ1) is 27.9. The summed E-state index contributed by atoms with van der Waals surface area (Å²) in [6.07, 6.45) is -1.75. The summed E-state index contributed by atoms with van der Waals surface area (Å²) in [5.41, 5.74) is 0. The molecule has 0 spiro atoms. The summed E-state index contributed by atoms with van der Waals surface area (Å²) in [4.78, 5) is 8.35. The van der Waals surface area contributed by atoms with Gasteiger partial charge in [-0.15, -0.1) is 0 Å². The first-order valence-corrected chi connectivity index (χ1v) is 9.78. The molecule has 0 aromatic heterocycles. The third-order valence-electron chi connectivity index (χ3n) is 2.70. The van der Waals surface area contributed by atoms with E-state index in [-0.39, 0.29) is 0 Å². The van der Waals surface area contributed by atoms with E-state index in [2.05, 4.69) is 28.2 Å². The van der Waals surface area contributed by atoms with E-state index in [4.69, 9.17) is 4.89 Å². The van der Waals surface area contributed by atoms with Gasteiger partial charge in [0.1, 0.15) is 0 Å². The molecule has 0 aliphatic carbocycles. The number of unbranched alkanes of at least 4 members (excludes halogenated alkanes) is 4. The number of rotatable bonds is 12. The van der Waals surface area contributed by atoms with Gasteiger partial charge in [0.05, 0.1) is 0 Å². The SMILES string of the molecule is CCCCCNCCCCC.O=P(O)(OCC(F)(F)F)OCC(F)(F)F. The van der Waals surface area contributed by atoms with E-state index in [0.717, 1.165) is 0 Å². The molecular formula is C14H28F6NO4P. The molecule has 0 aromatic rings. The van der Waals surface area contributed by atoms with Crippen molar-refractivity contribution in [3.05, 3.63) is 0 Å². The standard InChI is InChI=1S/C10H23N.C4H5F6O4P/c1-3-5-7-9-11-10-8-6-4-2;5-3(6,7)1-13-15(11,12)14-2-4(8,9)10/h11H,3-10H2,1-2H3;1-2H2,(H,11,12). The van der Waals surface area contributed by atoms with Crippen LogP contribution in [-0.4, -0.2) is 43.5 Å². The van der Waals surface area contributed by atoms with E-state index in [1.54, 1.807) is 0 Å². The molecule has 5 nitrogen and oxygen atoms in total. The molecular weight excluding hydrogens is 391 g/mol. The zero-order valence-corrected chi connectivity index (χ0v) is 15.9. The van der Waals surface area contributed by atoms with Crippen molar-refractivity contribution in [2.45, 2.75) is 64.7 Å². The first-order chi connectivity index (χ1) is 11.8. The molecule has 0 aromatic carbocycles. The second-order valence-corrected chi connectivity index (χ2v) is 6.86. The van der Waals surface area contributed by atoms with Crippen molar-refractivity contribution < 1.29 is 44.8 Å². The minimum atomic E-state index is -5.33. The van der Waals surface area contributed by atoms with Gasteiger partial charge in [0.25, 0.3) is 0 Å². The summed E-state index contributed by atoms with van der Waals surface area (Å²) in [5.74, 6) is 0. The van der Waals surface area contributed by atoms with Crippen LogP contribution in [0.2, 0.25) is 0 Å². The number of halogens is 6. The highest BCUT2D eigenvalue weighted by Gasteiger charge is 2.37. The van der Waals surface area contributed by atoms with Gasteiger partial charge in [0.2, 0.25) is 0 Å². The maximum Gasteiger partial charge on any atom is 0.472 e. The normalized spacial score (nSPS) is 12.7. The van der Waals surface area contributed by atoms with Gasteiger partial charge >= 0.3 is 20.2 Å². The zero-order valence-electron chi connectivity index (χ0n) is 15.0. The number of nitrogens with one attached hydrogen (secondary N) is 1. The van der Waals surface area contributed by atoms with Crippen LogP contribution in [-0.2, 0) is 13.6 Å². The number of hydrogen-bond acceptors (Lipinski definition) is 4. The van der Waals surface area contributed by atoms with Crippen molar-refractivity contribution in [3.63, 3.8) is 0 Å². The van der Waals surface area contributed by atoms with Gasteiger partial charge in [0, 0.05) is 0 Å². The predicted octanol–water partition coefficient (Wildman–Crippen LogP) is 5.20. The van der Waals surface area contributed by atoms with Gasteiger partial charge in [-0.25, -0.2) is 4.57 Å². The molecule has 12 heteroatoms. The first-order valence-electron chi connectivity index (χ1n) is 8.29. The van der Waals surface area contributed by atoms with Crippen LogP contribution < -0.4 is 5.32 Å². The Bertz CT molecular complexity index is 349. The fourth-order valence-electron chi connectivity index (χ4n) is 1.47. The fraction of sp³-hybridized carbons (Fsp3) is 1.00. The monoisotopic (exact) mass is 419 g/mol. The van der Waals surface area contributed by atoms with Crippen molar-refractivity contribution in [2.75, 3.05) is 26.3 Å². The van der Waals surface area contributed by atoms with Crippen LogP contribution in [0.1, 0.15) is 52.4 Å². The molecule has 0 aliphatic rings. The summed E-state index contributed by atoms with van der Waals surface area (Å²) < 4.78 is 85.5. The van der Waals surface area contributed by atoms with Crippen LogP contribution >= 0.6 is 7.82 Å². The van der Waals surface area contributed by atoms with Crippen LogP contribution in [0.25, 0.3) is 0 Å². The van der Waals surface area contributed by atoms with E-state index in [0.29, 0.717) is 0 Å². The number of alkyl halides is 6. The van der Waals surface area contributed by atoms with Gasteiger partial charge < -0.3 is 10.2 Å². The minimum Gasteiger partial charge on any atom is -0.317 e. The maximum absolute atomic E-state index is 11.4. The summed E-state index contributed by atoms with van der Waals surface area (Å²) in [5, 5.41) is 3.46. The lowest BCUT2D eigenvalue weighted by atomic mass is 10.2. The number of hydrogen-bond donors (Lipinski definition) is 2. The molecule has 0 heterocycles. The molecule has 2 N–H and O–H groups in total. The highest BCUT2D eigenvalue weighted by Crippen LogP contribution is 2.45. The second kappa shape index (κ2) is 14.7. The Kier molecular flexibility index (Phi) is 15.7. The Morgan fingerprint density at radius 3 is 1.42 bits per heavy atom. The Labute approximate surface area is 150 Å². The van der Waals surface area contributed by atoms with Crippen molar-refractivity contribution in [1.29, 1.82) is 0 Å². The Morgan fingerprint density at radius 2 is 1.15 bits per heavy atom. The summed E-state index contributed by atoms with van der Waals surface area (Å²) >= 11 is 0.